The number of ether oxygens (including phenoxy) is 1. The summed E-state index contributed by atoms with van der Waals surface area (Å²) in [4.78, 5) is 17.2. The highest BCUT2D eigenvalue weighted by Crippen LogP contribution is 2.46. The molecule has 0 aromatic heterocycles. The fraction of sp³-hybridized carbons (Fsp3) is 0.667. The fourth-order valence-corrected chi connectivity index (χ4v) is 4.61. The van der Waals surface area contributed by atoms with Crippen LogP contribution in [-0.2, 0) is 0 Å². The van der Waals surface area contributed by atoms with Gasteiger partial charge >= 0.3 is 0 Å². The Morgan fingerprint density at radius 2 is 1.48 bits per heavy atom. The number of carbonyl (C=O) groups is 1. The predicted molar refractivity (Wildman–Crippen MR) is 101 cm³/mol. The van der Waals surface area contributed by atoms with Crippen molar-refractivity contribution >= 4 is 5.91 Å². The normalized spacial score (nSPS) is 28.4. The fourth-order valence-electron chi connectivity index (χ4n) is 4.61. The highest BCUT2D eigenvalue weighted by Gasteiger charge is 2.44. The number of hydrogen-bond donors (Lipinski definition) is 0. The maximum Gasteiger partial charge on any atom is 0.253 e. The molecule has 0 bridgehead atoms. The van der Waals surface area contributed by atoms with Gasteiger partial charge in [-0.05, 0) is 89.7 Å². The van der Waals surface area contributed by atoms with Crippen LogP contribution in [0.15, 0.2) is 24.3 Å². The second-order valence-electron chi connectivity index (χ2n) is 8.34. The van der Waals surface area contributed by atoms with Gasteiger partial charge < -0.3 is 14.5 Å². The molecular weight excluding hydrogens is 312 g/mol. The van der Waals surface area contributed by atoms with Gasteiger partial charge in [0.15, 0.2) is 0 Å². The van der Waals surface area contributed by atoms with E-state index in [4.69, 9.17) is 4.74 Å². The maximum absolute atomic E-state index is 12.8. The summed E-state index contributed by atoms with van der Waals surface area (Å²) < 4.78 is 5.66. The Morgan fingerprint density at radius 1 is 0.960 bits per heavy atom. The lowest BCUT2D eigenvalue weighted by Gasteiger charge is -2.27. The van der Waals surface area contributed by atoms with Crippen molar-refractivity contribution in [1.82, 2.24) is 9.80 Å². The van der Waals surface area contributed by atoms with E-state index in [-0.39, 0.29) is 12.0 Å². The largest absolute Gasteiger partial charge is 0.491 e. The Bertz CT molecular complexity index is 582. The highest BCUT2D eigenvalue weighted by atomic mass is 16.5. The number of hydrogen-bond acceptors (Lipinski definition) is 3. The van der Waals surface area contributed by atoms with Gasteiger partial charge in [-0.1, -0.05) is 0 Å². The Kier molecular flexibility index (Phi) is 5.38. The van der Waals surface area contributed by atoms with E-state index in [2.05, 4.69) is 19.0 Å². The molecule has 2 unspecified atom stereocenters. The van der Waals surface area contributed by atoms with Gasteiger partial charge in [0, 0.05) is 24.7 Å². The molecule has 25 heavy (non-hydrogen) atoms. The first kappa shape index (κ1) is 18.2. The molecule has 4 atom stereocenters. The molecule has 0 spiro atoms. The van der Waals surface area contributed by atoms with Crippen LogP contribution in [0.1, 0.15) is 49.9 Å². The Hall–Kier alpha value is -1.55. The summed E-state index contributed by atoms with van der Waals surface area (Å²) in [5.74, 6) is 2.52. The minimum absolute atomic E-state index is 0.130. The van der Waals surface area contributed by atoms with E-state index in [0.717, 1.165) is 42.0 Å². The molecule has 0 aliphatic heterocycles. The molecular formula is C21H32N2O2. The van der Waals surface area contributed by atoms with Crippen molar-refractivity contribution in [2.24, 2.45) is 11.8 Å². The minimum Gasteiger partial charge on any atom is -0.491 e. The highest BCUT2D eigenvalue weighted by molar-refractivity contribution is 5.94. The third-order valence-electron chi connectivity index (χ3n) is 6.04. The molecule has 4 heteroatoms. The molecule has 1 aromatic carbocycles. The second-order valence-corrected chi connectivity index (χ2v) is 8.34. The molecule has 138 valence electrons. The minimum atomic E-state index is 0.130. The molecule has 2 aliphatic carbocycles. The number of fused-ring (bicyclic) bond motifs is 1. The first-order chi connectivity index (χ1) is 11.8. The molecule has 2 fully saturated rings. The van der Waals surface area contributed by atoms with E-state index in [1.807, 2.05) is 50.1 Å². The summed E-state index contributed by atoms with van der Waals surface area (Å²) in [6.07, 6.45) is 5.04. The van der Waals surface area contributed by atoms with Gasteiger partial charge in [-0.2, -0.15) is 0 Å². The SMILES string of the molecule is CC(C)Oc1ccc(C(=O)N(C)C2C[C@H]3CC(N(C)C)C[C@H]3C2)cc1. The van der Waals surface area contributed by atoms with E-state index < -0.39 is 0 Å². The topological polar surface area (TPSA) is 32.8 Å². The van der Waals surface area contributed by atoms with Crippen LogP contribution in [0, 0.1) is 11.8 Å². The van der Waals surface area contributed by atoms with Gasteiger partial charge in [0.2, 0.25) is 0 Å². The molecule has 2 saturated carbocycles. The van der Waals surface area contributed by atoms with Crippen LogP contribution in [0.2, 0.25) is 0 Å². The van der Waals surface area contributed by atoms with Gasteiger partial charge in [0.25, 0.3) is 5.91 Å². The molecule has 0 heterocycles. The lowest BCUT2D eigenvalue weighted by Crippen LogP contribution is -2.36. The molecule has 3 rings (SSSR count). The first-order valence-corrected chi connectivity index (χ1v) is 9.55. The summed E-state index contributed by atoms with van der Waals surface area (Å²) in [6, 6.07) is 8.67. The number of amides is 1. The van der Waals surface area contributed by atoms with Crippen molar-refractivity contribution in [1.29, 1.82) is 0 Å². The average molecular weight is 344 g/mol. The monoisotopic (exact) mass is 344 g/mol. The molecule has 1 aromatic rings. The smallest absolute Gasteiger partial charge is 0.253 e. The van der Waals surface area contributed by atoms with Gasteiger partial charge in [-0.3, -0.25) is 4.79 Å². The van der Waals surface area contributed by atoms with Crippen molar-refractivity contribution in [3.8, 4) is 5.75 Å². The van der Waals surface area contributed by atoms with Gasteiger partial charge in [0.05, 0.1) is 6.10 Å². The zero-order chi connectivity index (χ0) is 18.1. The summed E-state index contributed by atoms with van der Waals surface area (Å²) in [5.41, 5.74) is 0.752. The first-order valence-electron chi connectivity index (χ1n) is 9.55. The zero-order valence-electron chi connectivity index (χ0n) is 16.2. The van der Waals surface area contributed by atoms with Crippen molar-refractivity contribution < 1.29 is 9.53 Å². The Labute approximate surface area is 152 Å². The van der Waals surface area contributed by atoms with E-state index in [9.17, 15) is 4.79 Å². The van der Waals surface area contributed by atoms with Crippen LogP contribution >= 0.6 is 0 Å². The zero-order valence-corrected chi connectivity index (χ0v) is 16.2. The van der Waals surface area contributed by atoms with Crippen LogP contribution in [0.25, 0.3) is 0 Å². The molecule has 0 N–H and O–H groups in total. The van der Waals surface area contributed by atoms with Gasteiger partial charge in [-0.25, -0.2) is 0 Å². The number of nitrogens with zero attached hydrogens (tertiary/aromatic N) is 2. The molecule has 2 aliphatic rings. The molecule has 4 nitrogen and oxygen atoms in total. The summed E-state index contributed by atoms with van der Waals surface area (Å²) >= 11 is 0. The molecule has 0 saturated heterocycles. The van der Waals surface area contributed by atoms with Crippen LogP contribution in [-0.4, -0.2) is 55.0 Å². The van der Waals surface area contributed by atoms with E-state index in [1.54, 1.807) is 0 Å². The Balaban J connectivity index is 1.59. The van der Waals surface area contributed by atoms with Crippen molar-refractivity contribution in [3.63, 3.8) is 0 Å². The van der Waals surface area contributed by atoms with Crippen molar-refractivity contribution in [2.45, 2.75) is 57.7 Å². The van der Waals surface area contributed by atoms with Crippen molar-refractivity contribution in [2.75, 3.05) is 21.1 Å². The number of carbonyl (C=O) groups excluding carboxylic acids is 1. The van der Waals surface area contributed by atoms with Crippen LogP contribution in [0.5, 0.6) is 5.75 Å². The van der Waals surface area contributed by atoms with Crippen molar-refractivity contribution in [3.05, 3.63) is 29.8 Å². The van der Waals surface area contributed by atoms with Crippen LogP contribution in [0.3, 0.4) is 0 Å². The van der Waals surface area contributed by atoms with E-state index in [1.165, 1.54) is 12.8 Å². The molecule has 1 amide bonds. The average Bonchev–Trinajstić information content (AvgIpc) is 3.12. The standard InChI is InChI=1S/C21H32N2O2/c1-14(2)25-20-8-6-15(7-9-20)21(24)23(5)19-12-16-10-18(22(3)4)11-17(16)13-19/h6-9,14,16-19H,10-13H2,1-5H3/t16-,17+,18?,19?. The predicted octanol–water partition coefficient (Wildman–Crippen LogP) is 3.66. The summed E-state index contributed by atoms with van der Waals surface area (Å²) in [6.45, 7) is 4.01. The number of benzene rings is 1. The van der Waals surface area contributed by atoms with Gasteiger partial charge in [-0.15, -0.1) is 0 Å². The van der Waals surface area contributed by atoms with E-state index >= 15 is 0 Å². The third-order valence-corrected chi connectivity index (χ3v) is 6.04. The van der Waals surface area contributed by atoms with Gasteiger partial charge in [0.1, 0.15) is 5.75 Å². The quantitative estimate of drug-likeness (QED) is 0.817. The second kappa shape index (κ2) is 7.36. The Morgan fingerprint density at radius 3 is 1.96 bits per heavy atom. The lowest BCUT2D eigenvalue weighted by molar-refractivity contribution is 0.0726. The lowest BCUT2D eigenvalue weighted by atomic mass is 10.0. The summed E-state index contributed by atoms with van der Waals surface area (Å²) in [7, 11) is 6.34. The maximum atomic E-state index is 12.8. The third kappa shape index (κ3) is 4.00. The molecule has 0 radical (unpaired) electrons. The number of rotatable bonds is 5. The van der Waals surface area contributed by atoms with E-state index in [0.29, 0.717) is 6.04 Å². The van der Waals surface area contributed by atoms with Crippen LogP contribution in [0.4, 0.5) is 0 Å². The summed E-state index contributed by atoms with van der Waals surface area (Å²) in [5, 5.41) is 0. The van der Waals surface area contributed by atoms with Crippen LogP contribution < -0.4 is 4.74 Å².